The van der Waals surface area contributed by atoms with E-state index < -0.39 is 0 Å². The van der Waals surface area contributed by atoms with Crippen LogP contribution >= 0.6 is 22.6 Å². The van der Waals surface area contributed by atoms with Crippen LogP contribution in [0.15, 0.2) is 109 Å². The predicted molar refractivity (Wildman–Crippen MR) is 129 cm³/mol. The zero-order valence-corrected chi connectivity index (χ0v) is 17.4. The number of anilines is 3. The zero-order chi connectivity index (χ0) is 18.9. The Morgan fingerprint density at radius 2 is 1.14 bits per heavy atom. The highest BCUT2D eigenvalue weighted by atomic mass is 127. The van der Waals surface area contributed by atoms with Crippen LogP contribution in [0.4, 0.5) is 17.1 Å². The fourth-order valence-electron chi connectivity index (χ4n) is 3.71. The summed E-state index contributed by atoms with van der Waals surface area (Å²) in [6.45, 7) is 0. The van der Waals surface area contributed by atoms with Crippen LogP contribution in [0.1, 0.15) is 0 Å². The maximum atomic E-state index is 2.48. The molecule has 0 amide bonds. The van der Waals surface area contributed by atoms with Gasteiger partial charge in [0.1, 0.15) is 0 Å². The van der Waals surface area contributed by atoms with E-state index in [-0.39, 0.29) is 0 Å². The maximum Gasteiger partial charge on any atom is 0.0601 e. The fourth-order valence-corrected chi connectivity index (χ4v) is 4.63. The van der Waals surface area contributed by atoms with Gasteiger partial charge in [0.2, 0.25) is 0 Å². The van der Waals surface area contributed by atoms with Crippen LogP contribution in [0.2, 0.25) is 0 Å². The number of para-hydroxylation sites is 1. The molecule has 0 heterocycles. The Kier molecular flexibility index (Phi) is 4.49. The molecule has 0 aromatic heterocycles. The minimum Gasteiger partial charge on any atom is -0.309 e. The lowest BCUT2D eigenvalue weighted by molar-refractivity contribution is 1.28. The summed E-state index contributed by atoms with van der Waals surface area (Å²) < 4.78 is 1.26. The first-order valence-corrected chi connectivity index (χ1v) is 10.4. The van der Waals surface area contributed by atoms with Crippen LogP contribution < -0.4 is 4.90 Å². The standard InChI is InChI=1S/C26H18IN/c27-26-24-13-7-6-9-20(24)15-17-25(26)28(22-11-2-1-3-12-22)23-16-14-19-8-4-5-10-21(19)18-23/h1-18H. The van der Waals surface area contributed by atoms with Gasteiger partial charge >= 0.3 is 0 Å². The third kappa shape index (κ3) is 3.04. The number of fused-ring (bicyclic) bond motifs is 2. The van der Waals surface area contributed by atoms with Crippen molar-refractivity contribution in [3.8, 4) is 0 Å². The average molecular weight is 471 g/mol. The number of rotatable bonds is 3. The summed E-state index contributed by atoms with van der Waals surface area (Å²) in [6, 6.07) is 38.8. The molecular formula is C26H18IN. The van der Waals surface area contributed by atoms with Crippen molar-refractivity contribution in [1.29, 1.82) is 0 Å². The lowest BCUT2D eigenvalue weighted by atomic mass is 10.1. The average Bonchev–Trinajstić information content (AvgIpc) is 2.76. The van der Waals surface area contributed by atoms with Gasteiger partial charge in [-0.3, -0.25) is 0 Å². The van der Waals surface area contributed by atoms with E-state index in [0.29, 0.717) is 0 Å². The lowest BCUT2D eigenvalue weighted by Crippen LogP contribution is -2.11. The van der Waals surface area contributed by atoms with Gasteiger partial charge in [0.25, 0.3) is 0 Å². The van der Waals surface area contributed by atoms with Crippen LogP contribution in [0, 0.1) is 3.57 Å². The Bertz CT molecular complexity index is 1280. The summed E-state index contributed by atoms with van der Waals surface area (Å²) in [4.78, 5) is 2.35. The first-order chi connectivity index (χ1) is 13.8. The van der Waals surface area contributed by atoms with Gasteiger partial charge in [-0.25, -0.2) is 0 Å². The van der Waals surface area contributed by atoms with Gasteiger partial charge in [0.15, 0.2) is 0 Å². The molecule has 134 valence electrons. The molecule has 28 heavy (non-hydrogen) atoms. The molecular weight excluding hydrogens is 453 g/mol. The molecule has 0 N–H and O–H groups in total. The van der Waals surface area contributed by atoms with Crippen LogP contribution in [-0.4, -0.2) is 0 Å². The fraction of sp³-hybridized carbons (Fsp3) is 0. The molecule has 1 nitrogen and oxygen atoms in total. The van der Waals surface area contributed by atoms with Gasteiger partial charge in [-0.15, -0.1) is 0 Å². The monoisotopic (exact) mass is 471 g/mol. The Labute approximate surface area is 178 Å². The van der Waals surface area contributed by atoms with Crippen molar-refractivity contribution in [2.24, 2.45) is 0 Å². The molecule has 0 bridgehead atoms. The zero-order valence-electron chi connectivity index (χ0n) is 15.2. The van der Waals surface area contributed by atoms with Gasteiger partial charge < -0.3 is 4.90 Å². The summed E-state index contributed by atoms with van der Waals surface area (Å²) in [6.07, 6.45) is 0. The normalized spacial score (nSPS) is 11.0. The van der Waals surface area contributed by atoms with E-state index in [9.17, 15) is 0 Å². The molecule has 0 atom stereocenters. The van der Waals surface area contributed by atoms with Crippen molar-refractivity contribution in [2.45, 2.75) is 0 Å². The van der Waals surface area contributed by atoms with E-state index >= 15 is 0 Å². The number of benzene rings is 5. The minimum absolute atomic E-state index is 1.16. The molecule has 0 fully saturated rings. The van der Waals surface area contributed by atoms with Gasteiger partial charge in [-0.2, -0.15) is 0 Å². The predicted octanol–water partition coefficient (Wildman–Crippen LogP) is 8.07. The molecule has 5 aromatic carbocycles. The largest absolute Gasteiger partial charge is 0.309 e. The van der Waals surface area contributed by atoms with Crippen LogP contribution in [0.5, 0.6) is 0 Å². The van der Waals surface area contributed by atoms with Crippen LogP contribution in [-0.2, 0) is 0 Å². The van der Waals surface area contributed by atoms with Gasteiger partial charge in [0, 0.05) is 14.9 Å². The van der Waals surface area contributed by atoms with E-state index in [1.807, 2.05) is 0 Å². The summed E-state index contributed by atoms with van der Waals surface area (Å²) in [5.74, 6) is 0. The molecule has 0 unspecified atom stereocenters. The van der Waals surface area contributed by atoms with E-state index in [4.69, 9.17) is 0 Å². The van der Waals surface area contributed by atoms with Crippen molar-refractivity contribution < 1.29 is 0 Å². The highest BCUT2D eigenvalue weighted by Gasteiger charge is 2.16. The molecule has 0 saturated carbocycles. The topological polar surface area (TPSA) is 3.24 Å². The Morgan fingerprint density at radius 1 is 0.500 bits per heavy atom. The van der Waals surface area contributed by atoms with Crippen molar-refractivity contribution in [1.82, 2.24) is 0 Å². The highest BCUT2D eigenvalue weighted by molar-refractivity contribution is 14.1. The van der Waals surface area contributed by atoms with Gasteiger partial charge in [0.05, 0.1) is 5.69 Å². The first-order valence-electron chi connectivity index (χ1n) is 9.32. The molecule has 2 heteroatoms. The minimum atomic E-state index is 1.16. The van der Waals surface area contributed by atoms with Gasteiger partial charge in [-0.1, -0.05) is 78.9 Å². The van der Waals surface area contributed by atoms with E-state index in [0.717, 1.165) is 11.4 Å². The quantitative estimate of drug-likeness (QED) is 0.241. The molecule has 0 aliphatic rings. The summed E-state index contributed by atoms with van der Waals surface area (Å²) in [5.41, 5.74) is 3.52. The molecule has 0 aliphatic heterocycles. The second-order valence-electron chi connectivity index (χ2n) is 6.82. The van der Waals surface area contributed by atoms with Gasteiger partial charge in [-0.05, 0) is 74.5 Å². The SMILES string of the molecule is Ic1c(N(c2ccccc2)c2ccc3ccccc3c2)ccc2ccccc12. The van der Waals surface area contributed by atoms with Crippen LogP contribution in [0.3, 0.4) is 0 Å². The summed E-state index contributed by atoms with van der Waals surface area (Å²) in [7, 11) is 0. The molecule has 0 spiro atoms. The molecule has 5 rings (SSSR count). The van der Waals surface area contributed by atoms with E-state index in [1.165, 1.54) is 30.8 Å². The number of halogens is 1. The maximum absolute atomic E-state index is 2.48. The Morgan fingerprint density at radius 3 is 1.96 bits per heavy atom. The second-order valence-corrected chi connectivity index (χ2v) is 7.90. The van der Waals surface area contributed by atoms with E-state index in [2.05, 4.69) is 137 Å². The third-order valence-electron chi connectivity index (χ3n) is 5.09. The van der Waals surface area contributed by atoms with E-state index in [1.54, 1.807) is 0 Å². The summed E-state index contributed by atoms with van der Waals surface area (Å²) in [5, 5.41) is 5.05. The Balaban J connectivity index is 1.76. The van der Waals surface area contributed by atoms with Crippen molar-refractivity contribution >= 4 is 61.2 Å². The smallest absolute Gasteiger partial charge is 0.0601 e. The van der Waals surface area contributed by atoms with Crippen molar-refractivity contribution in [3.63, 3.8) is 0 Å². The molecule has 5 aromatic rings. The number of hydrogen-bond acceptors (Lipinski definition) is 1. The number of nitrogens with zero attached hydrogens (tertiary/aromatic N) is 1. The molecule has 0 aliphatic carbocycles. The third-order valence-corrected chi connectivity index (χ3v) is 6.22. The van der Waals surface area contributed by atoms with Crippen LogP contribution in [0.25, 0.3) is 21.5 Å². The molecule has 0 saturated heterocycles. The summed E-state index contributed by atoms with van der Waals surface area (Å²) >= 11 is 2.48. The molecule has 0 radical (unpaired) electrons. The lowest BCUT2D eigenvalue weighted by Gasteiger charge is -2.27. The van der Waals surface area contributed by atoms with Crippen molar-refractivity contribution in [2.75, 3.05) is 4.90 Å². The highest BCUT2D eigenvalue weighted by Crippen LogP contribution is 2.40. The van der Waals surface area contributed by atoms with Crippen molar-refractivity contribution in [3.05, 3.63) is 113 Å². The number of hydrogen-bond donors (Lipinski definition) is 0. The Hall–Kier alpha value is -2.85. The second kappa shape index (κ2) is 7.28. The first kappa shape index (κ1) is 17.3.